The topological polar surface area (TPSA) is 12.5 Å². The average Bonchev–Trinajstić information content (AvgIpc) is 2.93. The van der Waals surface area contributed by atoms with Crippen LogP contribution in [0.3, 0.4) is 0 Å². The van der Waals surface area contributed by atoms with Gasteiger partial charge in [-0.25, -0.2) is 0 Å². The maximum absolute atomic E-state index is 8.76. The molecule has 128 valence electrons. The molecule has 0 amide bonds. The van der Waals surface area contributed by atoms with E-state index in [4.69, 9.17) is 38.3 Å². The Hall–Kier alpha value is -1.35. The smallest absolute Gasteiger partial charge is 0.115 e. The molecule has 1 heterocycles. The number of ether oxygens (including phenoxy) is 1. The third-order valence-corrected chi connectivity index (χ3v) is 3.80. The van der Waals surface area contributed by atoms with E-state index >= 15 is 0 Å². The van der Waals surface area contributed by atoms with Crippen molar-refractivity contribution in [1.29, 1.82) is 0 Å². The fourth-order valence-electron chi connectivity index (χ4n) is 2.21. The van der Waals surface area contributed by atoms with E-state index in [1.165, 1.54) is 0 Å². The monoisotopic (exact) mass is 359 g/mol. The van der Waals surface area contributed by atoms with E-state index in [9.17, 15) is 0 Å². The van der Waals surface area contributed by atoms with E-state index < -0.39 is 114 Å². The lowest BCUT2D eigenvalue weighted by atomic mass is 9.88. The lowest BCUT2D eigenvalue weighted by molar-refractivity contribution is -0.0117. The van der Waals surface area contributed by atoms with Gasteiger partial charge in [-0.15, -0.1) is 0 Å². The van der Waals surface area contributed by atoms with Crippen LogP contribution in [0.1, 0.15) is 59.1 Å². The molecule has 24 heavy (non-hydrogen) atoms. The van der Waals surface area contributed by atoms with Gasteiger partial charge in [0.2, 0.25) is 0 Å². The van der Waals surface area contributed by atoms with Crippen LogP contribution in [0.5, 0.6) is 0 Å². The van der Waals surface area contributed by atoms with E-state index in [1.54, 1.807) is 0 Å². The van der Waals surface area contributed by atoms with Gasteiger partial charge in [0.05, 0.1) is 12.3 Å². The van der Waals surface area contributed by atoms with Crippen LogP contribution in [0.4, 0.5) is 0 Å². The lowest BCUT2D eigenvalue weighted by Crippen LogP contribution is -2.31. The predicted octanol–water partition coefficient (Wildman–Crippen LogP) is 5.10. The fraction of sp³-hybridized carbons (Fsp3) is 0.429. The van der Waals surface area contributed by atoms with Crippen LogP contribution in [-0.2, 0) is 10.3 Å². The van der Waals surface area contributed by atoms with Gasteiger partial charge in [0.15, 0.2) is 0 Å². The number of likely N-dealkylation sites (tertiary alicyclic amines) is 1. The van der Waals surface area contributed by atoms with Gasteiger partial charge in [0, 0.05) is 27.2 Å². The van der Waals surface area contributed by atoms with Crippen LogP contribution in [-0.4, -0.2) is 31.1 Å². The third kappa shape index (κ3) is 3.83. The van der Waals surface area contributed by atoms with Gasteiger partial charge < -0.3 is 9.64 Å². The van der Waals surface area contributed by atoms with Crippen molar-refractivity contribution < 1.29 is 26.7 Å². The first-order chi connectivity index (χ1) is 18.0. The van der Waals surface area contributed by atoms with Crippen molar-refractivity contribution in [2.45, 2.75) is 37.7 Å². The summed E-state index contributed by atoms with van der Waals surface area (Å²) in [4.78, 5) is 0.586. The molecule has 0 spiro atoms. The SMILES string of the molecule is [2H]c1c([2H])c([2H])c([C@@](C)(OCC[C@]2([2H])N(C)C([2H])([2H])C([2H])([2H])C2([2H])[2H])c2c([2H])c([2H])c(Cl)c([2H])c2[2H])c([2H])c1[2H]. The molecule has 0 unspecified atom stereocenters. The molecule has 0 bridgehead atoms. The molecule has 1 aliphatic heterocycles. The number of rotatable bonds is 6. The Kier molecular flexibility index (Phi) is 2.06. The molecule has 2 aromatic carbocycles. The highest BCUT2D eigenvalue weighted by Gasteiger charge is 2.30. The molecule has 0 aromatic heterocycles. The Morgan fingerprint density at radius 2 is 1.92 bits per heavy atom. The van der Waals surface area contributed by atoms with E-state index in [1.807, 2.05) is 0 Å². The van der Waals surface area contributed by atoms with Gasteiger partial charge in [-0.05, 0) is 62.8 Å². The molecule has 2 aromatic rings. The molecule has 0 N–H and O–H groups in total. The second-order valence-electron chi connectivity index (χ2n) is 5.19. The molecule has 0 aliphatic carbocycles. The van der Waals surface area contributed by atoms with Crippen molar-refractivity contribution in [2.24, 2.45) is 0 Å². The minimum absolute atomic E-state index is 0.530. The predicted molar refractivity (Wildman–Crippen MR) is 101 cm³/mol. The highest BCUT2D eigenvalue weighted by molar-refractivity contribution is 6.30. The largest absolute Gasteiger partial charge is 0.366 e. The first-order valence-corrected chi connectivity index (χ1v) is 7.56. The van der Waals surface area contributed by atoms with Crippen LogP contribution < -0.4 is 0 Å². The van der Waals surface area contributed by atoms with Gasteiger partial charge in [-0.1, -0.05) is 53.9 Å². The molecule has 0 radical (unpaired) electrons. The second-order valence-corrected chi connectivity index (χ2v) is 5.57. The third-order valence-electron chi connectivity index (χ3n) is 3.61. The van der Waals surface area contributed by atoms with Gasteiger partial charge in [0.1, 0.15) is 5.60 Å². The highest BCUT2D eigenvalue weighted by Crippen LogP contribution is 2.34. The molecule has 1 saturated heterocycles. The Morgan fingerprint density at radius 1 is 1.25 bits per heavy atom. The summed E-state index contributed by atoms with van der Waals surface area (Å²) >= 11 is 5.94. The summed E-state index contributed by atoms with van der Waals surface area (Å²) < 4.78 is 138. The lowest BCUT2D eigenvalue weighted by Gasteiger charge is -2.32. The van der Waals surface area contributed by atoms with Crippen molar-refractivity contribution in [3.8, 4) is 0 Å². The van der Waals surface area contributed by atoms with Crippen LogP contribution in [0.2, 0.25) is 5.02 Å². The summed E-state index contributed by atoms with van der Waals surface area (Å²) in [6.45, 7) is -2.49. The van der Waals surface area contributed by atoms with Crippen molar-refractivity contribution in [3.63, 3.8) is 0 Å². The second kappa shape index (κ2) is 7.69. The first-order valence-electron chi connectivity index (χ1n) is 15.2. The highest BCUT2D eigenvalue weighted by atomic mass is 35.5. The summed E-state index contributed by atoms with van der Waals surface area (Å²) in [6, 6.07) is -9.26. The maximum atomic E-state index is 8.76. The van der Waals surface area contributed by atoms with Gasteiger partial charge in [-0.2, -0.15) is 0 Å². The van der Waals surface area contributed by atoms with Crippen LogP contribution in [0.15, 0.2) is 54.4 Å². The zero-order valence-electron chi connectivity index (χ0n) is 29.1. The normalized spacial score (nSPS) is 39.8. The fourth-order valence-corrected chi connectivity index (χ4v) is 2.31. The van der Waals surface area contributed by atoms with Crippen molar-refractivity contribution >= 4 is 11.6 Å². The standard InChI is InChI=1S/C21H26ClNO/c1-21(17-7-4-3-5-8-17,18-10-12-19(22)13-11-18)24-16-14-20-9-6-15-23(20)2/h3-5,7-8,10-13,20H,6,9,14-16H2,1-2H3/t20-,21-/m1/s1/i3D,4D,5D,6D2,7D,8D,9D2,10D,11D,12D,13D,15D2,20D. The maximum Gasteiger partial charge on any atom is 0.115 e. The van der Waals surface area contributed by atoms with E-state index in [0.717, 1.165) is 14.0 Å². The molecule has 2 nitrogen and oxygen atoms in total. The molecule has 1 aliphatic rings. The zero-order valence-corrected chi connectivity index (χ0v) is 13.9. The van der Waals surface area contributed by atoms with Gasteiger partial charge in [0.25, 0.3) is 0 Å². The Balaban J connectivity index is 2.26. The first kappa shape index (κ1) is 6.42. The molecular formula is C21H26ClNO. The quantitative estimate of drug-likeness (QED) is 0.711. The summed E-state index contributed by atoms with van der Waals surface area (Å²) in [6.07, 6.45) is -6.93. The minimum atomic E-state index is -3.13. The van der Waals surface area contributed by atoms with Crippen molar-refractivity contribution in [1.82, 2.24) is 4.90 Å². The number of nitrogens with zero attached hydrogens (tertiary/aromatic N) is 1. The van der Waals surface area contributed by atoms with Crippen molar-refractivity contribution in [3.05, 3.63) is 70.5 Å². The molecule has 3 heteroatoms. The molecule has 1 fully saturated rings. The Morgan fingerprint density at radius 3 is 2.54 bits per heavy atom. The van der Waals surface area contributed by atoms with Gasteiger partial charge in [-0.3, -0.25) is 0 Å². The van der Waals surface area contributed by atoms with Crippen LogP contribution in [0.25, 0.3) is 0 Å². The Bertz CT molecular complexity index is 1250. The van der Waals surface area contributed by atoms with E-state index in [2.05, 4.69) is 0 Å². The average molecular weight is 360 g/mol. The molecule has 0 saturated carbocycles. The minimum Gasteiger partial charge on any atom is -0.366 e. The number of benzene rings is 2. The van der Waals surface area contributed by atoms with E-state index in [0.29, 0.717) is 4.90 Å². The van der Waals surface area contributed by atoms with E-state index in [-0.39, 0.29) is 0 Å². The summed E-state index contributed by atoms with van der Waals surface area (Å²) in [5.41, 5.74) is -3.43. The molecule has 2 atom stereocenters. The Labute approximate surface area is 172 Å². The molecule has 3 rings (SSSR count). The van der Waals surface area contributed by atoms with Crippen LogP contribution in [0, 0.1) is 0 Å². The zero-order chi connectivity index (χ0) is 31.1. The van der Waals surface area contributed by atoms with Gasteiger partial charge >= 0.3 is 0 Å². The van der Waals surface area contributed by atoms with Crippen LogP contribution >= 0.6 is 11.6 Å². The molecular weight excluding hydrogens is 318 g/mol. The summed E-state index contributed by atoms with van der Waals surface area (Å²) in [7, 11) is 1.03. The summed E-state index contributed by atoms with van der Waals surface area (Å²) in [5.74, 6) is 0. The number of hydrogen-bond donors (Lipinski definition) is 0. The summed E-state index contributed by atoms with van der Waals surface area (Å²) in [5, 5.41) is -0.530. The van der Waals surface area contributed by atoms with Crippen molar-refractivity contribution in [2.75, 3.05) is 20.2 Å². The number of hydrogen-bond acceptors (Lipinski definition) is 2. The number of halogens is 1.